The van der Waals surface area contributed by atoms with E-state index < -0.39 is 0 Å². The Hall–Kier alpha value is -0.610. The van der Waals surface area contributed by atoms with Crippen LogP contribution in [0.4, 0.5) is 0 Å². The molecule has 3 heterocycles. The van der Waals surface area contributed by atoms with E-state index in [-0.39, 0.29) is 5.91 Å². The Morgan fingerprint density at radius 3 is 2.43 bits per heavy atom. The summed E-state index contributed by atoms with van der Waals surface area (Å²) in [5, 5.41) is 0. The fourth-order valence-corrected chi connectivity index (χ4v) is 3.25. The lowest BCUT2D eigenvalue weighted by Gasteiger charge is -2.40. The summed E-state index contributed by atoms with van der Waals surface area (Å²) in [6.45, 7) is 2.41. The highest BCUT2D eigenvalue weighted by atomic mass is 16.6. The summed E-state index contributed by atoms with van der Waals surface area (Å²) < 4.78 is 5.56. The summed E-state index contributed by atoms with van der Waals surface area (Å²) >= 11 is 0. The smallest absolute Gasteiger partial charge is 0.220 e. The average molecular weight is 196 g/mol. The number of piperidine rings is 1. The van der Waals surface area contributed by atoms with Crippen molar-refractivity contribution in [3.05, 3.63) is 0 Å². The summed E-state index contributed by atoms with van der Waals surface area (Å²) in [7, 11) is 0. The summed E-state index contributed by atoms with van der Waals surface area (Å²) in [6, 6.07) is 0.648. The zero-order chi connectivity index (χ0) is 9.87. The van der Waals surface area contributed by atoms with Crippen LogP contribution in [0.15, 0.2) is 0 Å². The van der Waals surface area contributed by atoms with Crippen LogP contribution in [0.5, 0.6) is 0 Å². The van der Waals surface area contributed by atoms with Crippen molar-refractivity contribution in [1.29, 1.82) is 0 Å². The third-order valence-corrected chi connectivity index (χ3v) is 3.88. The number of epoxide rings is 1. The van der Waals surface area contributed by atoms with Crippen molar-refractivity contribution in [2.24, 2.45) is 11.7 Å². The normalized spacial score (nSPS) is 49.0. The molecule has 2 N–H and O–H groups in total. The lowest BCUT2D eigenvalue weighted by atomic mass is 9.90. The molecule has 4 heteroatoms. The Morgan fingerprint density at radius 1 is 1.43 bits per heavy atom. The van der Waals surface area contributed by atoms with E-state index in [1.165, 1.54) is 0 Å². The Kier molecular flexibility index (Phi) is 1.67. The van der Waals surface area contributed by atoms with Crippen LogP contribution in [0.1, 0.15) is 19.8 Å². The number of rotatable bonds is 1. The molecule has 0 aromatic carbocycles. The fraction of sp³-hybridized carbons (Fsp3) is 0.900. The molecular formula is C10H16N2O2. The third-order valence-electron chi connectivity index (χ3n) is 3.88. The van der Waals surface area contributed by atoms with Gasteiger partial charge in [0.2, 0.25) is 5.91 Å². The topological polar surface area (TPSA) is 58.9 Å². The molecule has 0 aromatic rings. The second kappa shape index (κ2) is 2.70. The maximum absolute atomic E-state index is 11.5. The van der Waals surface area contributed by atoms with Crippen LogP contribution in [0.3, 0.4) is 0 Å². The predicted octanol–water partition coefficient (Wildman–Crippen LogP) is -0.278. The molecule has 4 nitrogen and oxygen atoms in total. The maximum Gasteiger partial charge on any atom is 0.220 e. The van der Waals surface area contributed by atoms with Gasteiger partial charge in [0, 0.05) is 6.92 Å². The number of hydrogen-bond donors (Lipinski definition) is 1. The average Bonchev–Trinajstić information content (AvgIpc) is 2.90. The number of ether oxygens (including phenoxy) is 1. The number of carbonyl (C=O) groups is 1. The Morgan fingerprint density at radius 2 is 2.00 bits per heavy atom. The zero-order valence-electron chi connectivity index (χ0n) is 8.35. The second-order valence-electron chi connectivity index (χ2n) is 4.70. The highest BCUT2D eigenvalue weighted by Crippen LogP contribution is 2.49. The monoisotopic (exact) mass is 196 g/mol. The fourth-order valence-electron chi connectivity index (χ4n) is 3.25. The summed E-state index contributed by atoms with van der Waals surface area (Å²) in [5.74, 6) is 0.795. The number of fused-ring (bicyclic) bond motifs is 5. The number of carbonyl (C=O) groups excluding carboxylic acids is 1. The van der Waals surface area contributed by atoms with Crippen LogP contribution in [-0.4, -0.2) is 41.6 Å². The van der Waals surface area contributed by atoms with E-state index in [9.17, 15) is 4.79 Å². The van der Waals surface area contributed by atoms with Gasteiger partial charge in [-0.25, -0.2) is 0 Å². The first kappa shape index (κ1) is 8.68. The largest absolute Gasteiger partial charge is 0.365 e. The molecule has 4 unspecified atom stereocenters. The van der Waals surface area contributed by atoms with Crippen molar-refractivity contribution >= 4 is 5.91 Å². The quantitative estimate of drug-likeness (QED) is 0.587. The molecule has 0 aromatic heterocycles. The van der Waals surface area contributed by atoms with Gasteiger partial charge in [0.25, 0.3) is 0 Å². The second-order valence-corrected chi connectivity index (χ2v) is 4.70. The van der Waals surface area contributed by atoms with Crippen LogP contribution in [0.25, 0.3) is 0 Å². The van der Waals surface area contributed by atoms with Crippen molar-refractivity contribution < 1.29 is 9.53 Å². The van der Waals surface area contributed by atoms with Gasteiger partial charge in [-0.2, -0.15) is 0 Å². The number of hydrogen-bond acceptors (Lipinski definition) is 3. The van der Waals surface area contributed by atoms with Gasteiger partial charge in [0.1, 0.15) is 12.2 Å². The standard InChI is InChI=1S/C10H16N2O2/c1-5(13)12-7-2-6(4-11)3-8(12)10-9(7)14-10/h6-10H,2-4,11H2,1H3. The summed E-state index contributed by atoms with van der Waals surface area (Å²) in [6.07, 6.45) is 2.74. The van der Waals surface area contributed by atoms with E-state index in [2.05, 4.69) is 0 Å². The lowest BCUT2D eigenvalue weighted by molar-refractivity contribution is -0.137. The minimum absolute atomic E-state index is 0.200. The van der Waals surface area contributed by atoms with Gasteiger partial charge in [-0.1, -0.05) is 0 Å². The Labute approximate surface area is 83.4 Å². The molecule has 3 aliphatic heterocycles. The van der Waals surface area contributed by atoms with Gasteiger partial charge < -0.3 is 15.4 Å². The Bertz CT molecular complexity index is 263. The zero-order valence-corrected chi connectivity index (χ0v) is 8.35. The molecule has 3 rings (SSSR count). The molecule has 4 atom stereocenters. The van der Waals surface area contributed by atoms with Gasteiger partial charge in [-0.05, 0) is 25.3 Å². The molecule has 0 spiro atoms. The first-order chi connectivity index (χ1) is 6.72. The van der Waals surface area contributed by atoms with Crippen LogP contribution in [0.2, 0.25) is 0 Å². The summed E-state index contributed by atoms with van der Waals surface area (Å²) in [4.78, 5) is 13.5. The molecule has 0 aliphatic carbocycles. The van der Waals surface area contributed by atoms with Crippen molar-refractivity contribution in [2.75, 3.05) is 6.54 Å². The minimum Gasteiger partial charge on any atom is -0.365 e. The number of amides is 1. The molecule has 3 aliphatic rings. The predicted molar refractivity (Wildman–Crippen MR) is 50.5 cm³/mol. The van der Waals surface area contributed by atoms with Crippen LogP contribution < -0.4 is 5.73 Å². The van der Waals surface area contributed by atoms with E-state index in [0.29, 0.717) is 30.2 Å². The molecule has 0 radical (unpaired) electrons. The van der Waals surface area contributed by atoms with Crippen LogP contribution in [0, 0.1) is 5.92 Å². The molecule has 3 fully saturated rings. The van der Waals surface area contributed by atoms with E-state index in [1.54, 1.807) is 6.92 Å². The van der Waals surface area contributed by atoms with Crippen LogP contribution >= 0.6 is 0 Å². The van der Waals surface area contributed by atoms with E-state index in [4.69, 9.17) is 10.5 Å². The van der Waals surface area contributed by atoms with Crippen molar-refractivity contribution in [2.45, 2.75) is 44.1 Å². The van der Waals surface area contributed by atoms with Gasteiger partial charge in [-0.3, -0.25) is 4.79 Å². The van der Waals surface area contributed by atoms with Gasteiger partial charge in [-0.15, -0.1) is 0 Å². The highest BCUT2D eigenvalue weighted by molar-refractivity contribution is 5.75. The van der Waals surface area contributed by atoms with Gasteiger partial charge in [0.15, 0.2) is 0 Å². The lowest BCUT2D eigenvalue weighted by Crippen LogP contribution is -2.50. The van der Waals surface area contributed by atoms with Crippen LogP contribution in [-0.2, 0) is 9.53 Å². The molecule has 14 heavy (non-hydrogen) atoms. The first-order valence-corrected chi connectivity index (χ1v) is 5.37. The van der Waals surface area contributed by atoms with Gasteiger partial charge in [0.05, 0.1) is 12.1 Å². The minimum atomic E-state index is 0.200. The highest BCUT2D eigenvalue weighted by Gasteiger charge is 2.64. The first-order valence-electron chi connectivity index (χ1n) is 5.37. The SMILES string of the molecule is CC(=O)N1C2CC(CN)CC1C1OC12. The maximum atomic E-state index is 11.5. The van der Waals surface area contributed by atoms with E-state index in [0.717, 1.165) is 19.4 Å². The van der Waals surface area contributed by atoms with Gasteiger partial charge >= 0.3 is 0 Å². The molecule has 2 bridgehead atoms. The number of morpholine rings is 1. The molecule has 0 saturated carbocycles. The third kappa shape index (κ3) is 0.982. The molecule has 3 saturated heterocycles. The Balaban J connectivity index is 1.84. The van der Waals surface area contributed by atoms with Crippen molar-refractivity contribution in [3.8, 4) is 0 Å². The van der Waals surface area contributed by atoms with E-state index in [1.807, 2.05) is 4.90 Å². The number of nitrogens with two attached hydrogens (primary N) is 1. The molecule has 1 amide bonds. The van der Waals surface area contributed by atoms with Crippen molar-refractivity contribution in [3.63, 3.8) is 0 Å². The molecule has 78 valence electrons. The summed E-state index contributed by atoms with van der Waals surface area (Å²) in [5.41, 5.74) is 5.69. The number of nitrogens with zero attached hydrogens (tertiary/aromatic N) is 1. The van der Waals surface area contributed by atoms with Crippen molar-refractivity contribution in [1.82, 2.24) is 4.90 Å². The molecular weight excluding hydrogens is 180 g/mol. The van der Waals surface area contributed by atoms with E-state index >= 15 is 0 Å².